The second-order valence-corrected chi connectivity index (χ2v) is 9.50. The maximum absolute atomic E-state index is 12.8. The van der Waals surface area contributed by atoms with Gasteiger partial charge in [0.05, 0.1) is 37.0 Å². The van der Waals surface area contributed by atoms with Gasteiger partial charge in [0.15, 0.2) is 5.76 Å². The first-order valence-electron chi connectivity index (χ1n) is 12.1. The molecule has 0 bridgehead atoms. The molecule has 2 aromatic carbocycles. The molecule has 4 aromatic rings. The maximum atomic E-state index is 12.8. The lowest BCUT2D eigenvalue weighted by Crippen LogP contribution is -2.30. The van der Waals surface area contributed by atoms with Crippen molar-refractivity contribution in [1.29, 1.82) is 0 Å². The van der Waals surface area contributed by atoms with Crippen molar-refractivity contribution in [1.82, 2.24) is 14.0 Å². The van der Waals surface area contributed by atoms with Crippen molar-refractivity contribution < 1.29 is 19.1 Å². The Balaban J connectivity index is 1.54. The lowest BCUT2D eigenvalue weighted by molar-refractivity contribution is -0.140. The van der Waals surface area contributed by atoms with Gasteiger partial charge in [-0.2, -0.15) is 0 Å². The average molecular weight is 504 g/mol. The normalized spacial score (nSPS) is 14.5. The summed E-state index contributed by atoms with van der Waals surface area (Å²) in [6.07, 6.45) is 0.742. The molecule has 0 radical (unpaired) electrons. The predicted molar refractivity (Wildman–Crippen MR) is 138 cm³/mol. The molecule has 9 heteroatoms. The van der Waals surface area contributed by atoms with E-state index in [9.17, 15) is 19.5 Å². The maximum Gasteiger partial charge on any atom is 0.328 e. The van der Waals surface area contributed by atoms with E-state index in [1.54, 1.807) is 32.3 Å². The van der Waals surface area contributed by atoms with Crippen LogP contribution < -0.4 is 11.1 Å². The van der Waals surface area contributed by atoms with Crippen LogP contribution in [0, 0.1) is 0 Å². The summed E-state index contributed by atoms with van der Waals surface area (Å²) >= 11 is 0. The number of benzene rings is 2. The van der Waals surface area contributed by atoms with E-state index in [4.69, 9.17) is 9.15 Å². The lowest BCUT2D eigenvalue weighted by Gasteiger charge is -2.28. The zero-order valence-electron chi connectivity index (χ0n) is 21.1. The number of methoxy groups -OCH3 is 1. The molecule has 37 heavy (non-hydrogen) atoms. The van der Waals surface area contributed by atoms with Crippen LogP contribution >= 0.6 is 0 Å². The van der Waals surface area contributed by atoms with Crippen LogP contribution in [0.25, 0.3) is 11.0 Å². The number of hydrogen-bond donors (Lipinski definition) is 1. The highest BCUT2D eigenvalue weighted by Gasteiger charge is 2.28. The zero-order valence-corrected chi connectivity index (χ0v) is 21.1. The van der Waals surface area contributed by atoms with E-state index in [-0.39, 0.29) is 17.9 Å². The molecular formula is C28H29N3O6. The summed E-state index contributed by atoms with van der Waals surface area (Å²) < 4.78 is 14.1. The summed E-state index contributed by atoms with van der Waals surface area (Å²) in [5.41, 5.74) is 3.79. The van der Waals surface area contributed by atoms with Gasteiger partial charge in [0.1, 0.15) is 5.76 Å². The van der Waals surface area contributed by atoms with Crippen molar-refractivity contribution >= 4 is 17.0 Å². The molecule has 1 aliphatic heterocycles. The van der Waals surface area contributed by atoms with E-state index < -0.39 is 23.1 Å². The molecule has 0 aliphatic carbocycles. The van der Waals surface area contributed by atoms with Gasteiger partial charge in [-0.15, -0.1) is 0 Å². The number of aromatic hydroxyl groups is 1. The van der Waals surface area contributed by atoms with Gasteiger partial charge in [-0.25, -0.2) is 4.79 Å². The molecule has 1 aliphatic rings. The summed E-state index contributed by atoms with van der Waals surface area (Å²) in [6.45, 7) is 1.91. The number of esters is 1. The van der Waals surface area contributed by atoms with Crippen LogP contribution in [0.5, 0.6) is 5.75 Å². The van der Waals surface area contributed by atoms with E-state index in [0.29, 0.717) is 23.4 Å². The standard InChI is InChI=1S/C28H29N3O6/c1-29-22-9-8-18(12-23(22)30(2)28(29)35)21(14-25(33)36-3)27-26(34)24(32)13-20(37-27)16-31-11-10-17-6-4-5-7-19(17)15-31/h4-9,12-13,21,34H,10-11,14-16H2,1-3H3/t21-/m1/s1. The summed E-state index contributed by atoms with van der Waals surface area (Å²) in [5.74, 6) is -1.44. The average Bonchev–Trinajstić information content (AvgIpc) is 3.12. The third-order valence-corrected chi connectivity index (χ3v) is 7.20. The second-order valence-electron chi connectivity index (χ2n) is 9.50. The zero-order chi connectivity index (χ0) is 26.3. The number of fused-ring (bicyclic) bond motifs is 2. The Kier molecular flexibility index (Phi) is 6.47. The van der Waals surface area contributed by atoms with Crippen LogP contribution in [-0.2, 0) is 43.1 Å². The Bertz CT molecular complexity index is 1610. The number of rotatable bonds is 6. The molecule has 0 unspecified atom stereocenters. The minimum Gasteiger partial charge on any atom is -0.502 e. The predicted octanol–water partition coefficient (Wildman–Crippen LogP) is 2.79. The summed E-state index contributed by atoms with van der Waals surface area (Å²) in [6, 6.07) is 14.9. The Morgan fingerprint density at radius 3 is 2.54 bits per heavy atom. The van der Waals surface area contributed by atoms with Crippen molar-refractivity contribution in [3.8, 4) is 5.75 Å². The fourth-order valence-electron chi connectivity index (χ4n) is 5.13. The minimum atomic E-state index is -0.790. The topological polar surface area (TPSA) is 107 Å². The van der Waals surface area contributed by atoms with Crippen molar-refractivity contribution in [3.05, 3.63) is 97.4 Å². The van der Waals surface area contributed by atoms with Gasteiger partial charge in [-0.3, -0.25) is 23.6 Å². The van der Waals surface area contributed by atoms with Crippen LogP contribution in [-0.4, -0.2) is 38.8 Å². The minimum absolute atomic E-state index is 0.00518. The molecule has 5 rings (SSSR count). The van der Waals surface area contributed by atoms with Crippen LogP contribution in [0.1, 0.15) is 40.5 Å². The van der Waals surface area contributed by atoms with Crippen molar-refractivity contribution in [2.75, 3.05) is 13.7 Å². The first-order chi connectivity index (χ1) is 17.8. The largest absolute Gasteiger partial charge is 0.502 e. The fourth-order valence-corrected chi connectivity index (χ4v) is 5.13. The van der Waals surface area contributed by atoms with Gasteiger partial charge in [-0.1, -0.05) is 30.3 Å². The Hall–Kier alpha value is -4.11. The fraction of sp³-hybridized carbons (Fsp3) is 0.321. The van der Waals surface area contributed by atoms with Crippen molar-refractivity contribution in [2.24, 2.45) is 14.1 Å². The Labute approximate surface area is 213 Å². The van der Waals surface area contributed by atoms with Crippen molar-refractivity contribution in [3.63, 3.8) is 0 Å². The molecule has 3 heterocycles. The van der Waals surface area contributed by atoms with Gasteiger partial charge in [0.25, 0.3) is 0 Å². The van der Waals surface area contributed by atoms with Crippen molar-refractivity contribution in [2.45, 2.75) is 31.8 Å². The van der Waals surface area contributed by atoms with Gasteiger partial charge in [0.2, 0.25) is 11.2 Å². The molecule has 192 valence electrons. The number of hydrogen-bond acceptors (Lipinski definition) is 7. The molecule has 0 saturated carbocycles. The third-order valence-electron chi connectivity index (χ3n) is 7.20. The van der Waals surface area contributed by atoms with E-state index in [1.165, 1.54) is 33.4 Å². The van der Waals surface area contributed by atoms with Gasteiger partial charge in [-0.05, 0) is 35.2 Å². The summed E-state index contributed by atoms with van der Waals surface area (Å²) in [4.78, 5) is 39.8. The van der Waals surface area contributed by atoms with Crippen LogP contribution in [0.3, 0.4) is 0 Å². The highest BCUT2D eigenvalue weighted by atomic mass is 16.5. The van der Waals surface area contributed by atoms with E-state index in [2.05, 4.69) is 17.0 Å². The summed E-state index contributed by atoms with van der Waals surface area (Å²) in [5, 5.41) is 10.8. The third kappa shape index (κ3) is 4.58. The first-order valence-corrected chi connectivity index (χ1v) is 12.1. The van der Waals surface area contributed by atoms with E-state index in [0.717, 1.165) is 25.0 Å². The SMILES string of the molecule is COC(=O)C[C@H](c1ccc2c(c1)n(C)c(=O)n2C)c1oc(CN2CCc3ccccc3C2)cc(=O)c1O. The van der Waals surface area contributed by atoms with Gasteiger partial charge >= 0.3 is 11.7 Å². The Morgan fingerprint density at radius 2 is 1.78 bits per heavy atom. The monoisotopic (exact) mass is 503 g/mol. The van der Waals surface area contributed by atoms with E-state index in [1.807, 2.05) is 12.1 Å². The highest BCUT2D eigenvalue weighted by molar-refractivity contribution is 5.78. The molecule has 9 nitrogen and oxygen atoms in total. The Morgan fingerprint density at radius 1 is 1.05 bits per heavy atom. The van der Waals surface area contributed by atoms with Gasteiger partial charge in [0, 0.05) is 33.3 Å². The smallest absolute Gasteiger partial charge is 0.328 e. The molecule has 0 spiro atoms. The second kappa shape index (κ2) is 9.74. The van der Waals surface area contributed by atoms with Crippen LogP contribution in [0.2, 0.25) is 0 Å². The number of aryl methyl sites for hydroxylation is 2. The van der Waals surface area contributed by atoms with Crippen LogP contribution in [0.15, 0.2) is 62.5 Å². The molecule has 1 N–H and O–H groups in total. The molecule has 0 fully saturated rings. The molecular weight excluding hydrogens is 474 g/mol. The van der Waals surface area contributed by atoms with E-state index >= 15 is 0 Å². The quantitative estimate of drug-likeness (QED) is 0.403. The number of nitrogens with zero attached hydrogens (tertiary/aromatic N) is 3. The number of carbonyl (C=O) groups excluding carboxylic acids is 1. The number of imidazole rings is 1. The molecule has 0 amide bonds. The highest BCUT2D eigenvalue weighted by Crippen LogP contribution is 2.35. The number of carbonyl (C=O) groups is 1. The number of ether oxygens (including phenoxy) is 1. The number of aromatic nitrogens is 2. The molecule has 0 saturated heterocycles. The molecule has 1 atom stereocenters. The lowest BCUT2D eigenvalue weighted by atomic mass is 9.91. The van der Waals surface area contributed by atoms with Crippen LogP contribution in [0.4, 0.5) is 0 Å². The first kappa shape index (κ1) is 24.6. The summed E-state index contributed by atoms with van der Waals surface area (Å²) in [7, 11) is 4.63. The van der Waals surface area contributed by atoms with Gasteiger partial charge < -0.3 is 14.3 Å². The molecule has 2 aromatic heterocycles.